The van der Waals surface area contributed by atoms with E-state index in [9.17, 15) is 23.3 Å². The van der Waals surface area contributed by atoms with Crippen LogP contribution in [0.15, 0.2) is 23.1 Å². The zero-order chi connectivity index (χ0) is 18.5. The first-order valence-electron chi connectivity index (χ1n) is 6.95. The SMILES string of the molecule is CN(C)CCN(CCO)S(=O)(=O)c1cccc([N+](=O)[O-])c1C(N)=O.Cl. The van der Waals surface area contributed by atoms with Crippen LogP contribution >= 0.6 is 12.4 Å². The Labute approximate surface area is 151 Å². The maximum absolute atomic E-state index is 12.8. The molecular weight excluding hydrogens is 376 g/mol. The minimum Gasteiger partial charge on any atom is -0.395 e. The predicted molar refractivity (Wildman–Crippen MR) is 93.3 cm³/mol. The second-order valence-electron chi connectivity index (χ2n) is 5.20. The van der Waals surface area contributed by atoms with Gasteiger partial charge < -0.3 is 15.7 Å². The number of carbonyl (C=O) groups is 1. The number of primary amides is 1. The fraction of sp³-hybridized carbons (Fsp3) is 0.462. The van der Waals surface area contributed by atoms with E-state index in [1.54, 1.807) is 19.0 Å². The lowest BCUT2D eigenvalue weighted by Crippen LogP contribution is -2.39. The van der Waals surface area contributed by atoms with Gasteiger partial charge in [-0.2, -0.15) is 4.31 Å². The summed E-state index contributed by atoms with van der Waals surface area (Å²) in [7, 11) is -0.765. The molecule has 0 radical (unpaired) electrons. The fourth-order valence-electron chi connectivity index (χ4n) is 2.05. The first-order valence-corrected chi connectivity index (χ1v) is 8.40. The Hall–Kier alpha value is -1.79. The fourth-order valence-corrected chi connectivity index (χ4v) is 3.68. The van der Waals surface area contributed by atoms with Crippen LogP contribution in [0.4, 0.5) is 5.69 Å². The van der Waals surface area contributed by atoms with Crippen molar-refractivity contribution in [2.75, 3.05) is 40.3 Å². The molecular formula is C13H21ClN4O6S. The monoisotopic (exact) mass is 396 g/mol. The van der Waals surface area contributed by atoms with Gasteiger partial charge in [-0.25, -0.2) is 8.42 Å². The number of aliphatic hydroxyl groups excluding tert-OH is 1. The zero-order valence-corrected chi connectivity index (χ0v) is 15.4. The summed E-state index contributed by atoms with van der Waals surface area (Å²) < 4.78 is 26.6. The first kappa shape index (κ1) is 23.2. The molecule has 0 aliphatic rings. The Kier molecular flexibility index (Phi) is 8.94. The number of benzene rings is 1. The van der Waals surface area contributed by atoms with E-state index >= 15 is 0 Å². The Balaban J connectivity index is 0.00000576. The maximum Gasteiger partial charge on any atom is 0.283 e. The minimum atomic E-state index is -4.25. The second-order valence-corrected chi connectivity index (χ2v) is 7.11. The highest BCUT2D eigenvalue weighted by Gasteiger charge is 2.33. The van der Waals surface area contributed by atoms with Crippen LogP contribution in [-0.2, 0) is 10.0 Å². The molecule has 0 aromatic heterocycles. The molecule has 0 spiro atoms. The highest BCUT2D eigenvalue weighted by atomic mass is 35.5. The molecule has 0 fully saturated rings. The number of nitrogens with two attached hydrogens (primary N) is 1. The summed E-state index contributed by atoms with van der Waals surface area (Å²) in [6.45, 7) is -0.249. The van der Waals surface area contributed by atoms with E-state index in [2.05, 4.69) is 0 Å². The van der Waals surface area contributed by atoms with E-state index in [-0.39, 0.29) is 25.5 Å². The summed E-state index contributed by atoms with van der Waals surface area (Å²) in [6, 6.07) is 3.26. The normalized spacial score (nSPS) is 11.4. The highest BCUT2D eigenvalue weighted by Crippen LogP contribution is 2.27. The third kappa shape index (κ3) is 5.61. The van der Waals surface area contributed by atoms with Gasteiger partial charge in [0.25, 0.3) is 11.6 Å². The number of nitro groups is 1. The minimum absolute atomic E-state index is 0. The van der Waals surface area contributed by atoms with Gasteiger partial charge in [-0.3, -0.25) is 14.9 Å². The topological polar surface area (TPSA) is 147 Å². The number of hydrogen-bond donors (Lipinski definition) is 2. The van der Waals surface area contributed by atoms with Gasteiger partial charge in [0.15, 0.2) is 0 Å². The third-order valence-electron chi connectivity index (χ3n) is 3.21. The number of halogens is 1. The van der Waals surface area contributed by atoms with Crippen molar-refractivity contribution >= 4 is 34.0 Å². The Morgan fingerprint density at radius 2 is 1.88 bits per heavy atom. The van der Waals surface area contributed by atoms with Crippen molar-refractivity contribution in [3.63, 3.8) is 0 Å². The number of hydrogen-bond acceptors (Lipinski definition) is 7. The molecule has 0 bridgehead atoms. The molecule has 0 saturated carbocycles. The van der Waals surface area contributed by atoms with Crippen LogP contribution in [0.2, 0.25) is 0 Å². The van der Waals surface area contributed by atoms with Crippen LogP contribution in [0.1, 0.15) is 10.4 Å². The number of aliphatic hydroxyl groups is 1. The van der Waals surface area contributed by atoms with Gasteiger partial charge in [0, 0.05) is 25.7 Å². The largest absolute Gasteiger partial charge is 0.395 e. The van der Waals surface area contributed by atoms with Crippen LogP contribution in [0.5, 0.6) is 0 Å². The van der Waals surface area contributed by atoms with Gasteiger partial charge in [0.1, 0.15) is 10.5 Å². The van der Waals surface area contributed by atoms with E-state index in [1.165, 1.54) is 6.07 Å². The number of amides is 1. The molecule has 0 aliphatic carbocycles. The number of nitro benzene ring substituents is 1. The molecule has 1 amide bonds. The standard InChI is InChI=1S/C13H20N4O6S.ClH/c1-15(2)6-7-16(8-9-18)24(22,23)11-5-3-4-10(17(20)21)12(11)13(14)19;/h3-5,18H,6-9H2,1-2H3,(H2,14,19);1H. The maximum atomic E-state index is 12.8. The zero-order valence-electron chi connectivity index (χ0n) is 13.8. The lowest BCUT2D eigenvalue weighted by molar-refractivity contribution is -0.385. The van der Waals surface area contributed by atoms with Gasteiger partial charge >= 0.3 is 0 Å². The summed E-state index contributed by atoms with van der Waals surface area (Å²) in [4.78, 5) is 23.0. The summed E-state index contributed by atoms with van der Waals surface area (Å²) in [5.41, 5.74) is 3.81. The molecule has 1 aromatic rings. The van der Waals surface area contributed by atoms with E-state index in [0.717, 1.165) is 16.4 Å². The van der Waals surface area contributed by atoms with E-state index < -0.39 is 43.6 Å². The first-order chi connectivity index (χ1) is 11.1. The molecule has 1 rings (SSSR count). The summed E-state index contributed by atoms with van der Waals surface area (Å²) in [5, 5.41) is 20.2. The average molecular weight is 397 g/mol. The summed E-state index contributed by atoms with van der Waals surface area (Å²) >= 11 is 0. The lowest BCUT2D eigenvalue weighted by atomic mass is 10.2. The molecule has 0 saturated heterocycles. The van der Waals surface area contributed by atoms with E-state index in [1.807, 2.05) is 0 Å². The lowest BCUT2D eigenvalue weighted by Gasteiger charge is -2.23. The van der Waals surface area contributed by atoms with Crippen molar-refractivity contribution in [1.29, 1.82) is 0 Å². The molecule has 0 aliphatic heterocycles. The van der Waals surface area contributed by atoms with Gasteiger partial charge in [0.2, 0.25) is 10.0 Å². The predicted octanol–water partition coefficient (Wildman–Crippen LogP) is -0.340. The van der Waals surface area contributed by atoms with E-state index in [4.69, 9.17) is 10.8 Å². The molecule has 142 valence electrons. The van der Waals surface area contributed by atoms with E-state index in [0.29, 0.717) is 6.54 Å². The van der Waals surface area contributed by atoms with Crippen molar-refractivity contribution in [2.45, 2.75) is 4.90 Å². The van der Waals surface area contributed by atoms with Gasteiger partial charge in [-0.1, -0.05) is 6.07 Å². The average Bonchev–Trinajstić information content (AvgIpc) is 2.49. The highest BCUT2D eigenvalue weighted by molar-refractivity contribution is 7.89. The number of sulfonamides is 1. The molecule has 10 nitrogen and oxygen atoms in total. The molecule has 12 heteroatoms. The number of likely N-dealkylation sites (N-methyl/N-ethyl adjacent to an activating group) is 1. The summed E-state index contributed by atoms with van der Waals surface area (Å²) in [6.07, 6.45) is 0. The molecule has 0 atom stereocenters. The number of carbonyl (C=O) groups excluding carboxylic acids is 1. The molecule has 1 aromatic carbocycles. The molecule has 0 unspecified atom stereocenters. The van der Waals surface area contributed by atoms with Crippen molar-refractivity contribution in [1.82, 2.24) is 9.21 Å². The van der Waals surface area contributed by atoms with Gasteiger partial charge in [-0.05, 0) is 20.2 Å². The third-order valence-corrected chi connectivity index (χ3v) is 5.15. The number of nitrogens with zero attached hydrogens (tertiary/aromatic N) is 3. The second kappa shape index (κ2) is 9.63. The van der Waals surface area contributed by atoms with Crippen molar-refractivity contribution < 1.29 is 23.2 Å². The van der Waals surface area contributed by atoms with Crippen LogP contribution in [0, 0.1) is 10.1 Å². The van der Waals surface area contributed by atoms with Crippen molar-refractivity contribution in [2.24, 2.45) is 5.73 Å². The van der Waals surface area contributed by atoms with Crippen LogP contribution in [0.3, 0.4) is 0 Å². The quantitative estimate of drug-likeness (QED) is 0.428. The van der Waals surface area contributed by atoms with Crippen molar-refractivity contribution in [3.8, 4) is 0 Å². The summed E-state index contributed by atoms with van der Waals surface area (Å²) in [5.74, 6) is -1.21. The van der Waals surface area contributed by atoms with Gasteiger partial charge in [0.05, 0.1) is 11.5 Å². The van der Waals surface area contributed by atoms with Crippen LogP contribution in [-0.4, -0.2) is 73.9 Å². The van der Waals surface area contributed by atoms with Gasteiger partial charge in [-0.15, -0.1) is 12.4 Å². The molecule has 3 N–H and O–H groups in total. The van der Waals surface area contributed by atoms with Crippen LogP contribution < -0.4 is 5.73 Å². The Bertz CT molecular complexity index is 725. The molecule has 0 heterocycles. The number of rotatable bonds is 9. The smallest absolute Gasteiger partial charge is 0.283 e. The Morgan fingerprint density at radius 3 is 2.32 bits per heavy atom. The Morgan fingerprint density at radius 1 is 1.28 bits per heavy atom. The van der Waals surface area contributed by atoms with Crippen LogP contribution in [0.25, 0.3) is 0 Å². The van der Waals surface area contributed by atoms with Crippen molar-refractivity contribution in [3.05, 3.63) is 33.9 Å². The molecule has 25 heavy (non-hydrogen) atoms.